The Bertz CT molecular complexity index is 677. The van der Waals surface area contributed by atoms with E-state index in [4.69, 9.17) is 14.1 Å². The quantitative estimate of drug-likeness (QED) is 0.538. The van der Waals surface area contributed by atoms with Crippen LogP contribution in [0.1, 0.15) is 46.1 Å². The first kappa shape index (κ1) is 18.9. The molecule has 2 aromatic heterocycles. The van der Waals surface area contributed by atoms with E-state index in [0.717, 1.165) is 11.1 Å². The average molecular weight is 347 g/mol. The van der Waals surface area contributed by atoms with E-state index in [1.165, 1.54) is 5.06 Å². The Kier molecular flexibility index (Phi) is 6.14. The van der Waals surface area contributed by atoms with Crippen LogP contribution in [0.2, 0.25) is 0 Å². The first-order chi connectivity index (χ1) is 11.8. The van der Waals surface area contributed by atoms with Gasteiger partial charge in [-0.15, -0.1) is 0 Å². The lowest BCUT2D eigenvalue weighted by atomic mass is 10.0. The molecule has 0 aliphatic rings. The summed E-state index contributed by atoms with van der Waals surface area (Å²) in [5, 5.41) is 5.26. The Morgan fingerprint density at radius 3 is 2.68 bits per heavy atom. The number of carbonyl (C=O) groups excluding carboxylic acids is 1. The third kappa shape index (κ3) is 5.29. The first-order valence-corrected chi connectivity index (χ1v) is 8.25. The van der Waals surface area contributed by atoms with Gasteiger partial charge in [-0.25, -0.2) is 5.06 Å². The lowest BCUT2D eigenvalue weighted by Gasteiger charge is -2.26. The molecule has 0 saturated carbocycles. The standard InChI is InChI=1S/C18H25N3O4/c1-13(2)15-16(14-7-6-8-19-11-14)24-20-17(15)23-10-9-21(12-22)25-18(3,4)5/h6-8,11-13H,9-10H2,1-5H3. The maximum Gasteiger partial charge on any atom is 0.258 e. The third-order valence-electron chi connectivity index (χ3n) is 3.26. The maximum atomic E-state index is 11.1. The predicted molar refractivity (Wildman–Crippen MR) is 92.9 cm³/mol. The number of pyridine rings is 1. The van der Waals surface area contributed by atoms with Crippen molar-refractivity contribution in [1.29, 1.82) is 0 Å². The van der Waals surface area contributed by atoms with Gasteiger partial charge in [-0.3, -0.25) is 14.6 Å². The molecule has 0 aliphatic heterocycles. The normalized spacial score (nSPS) is 11.6. The van der Waals surface area contributed by atoms with E-state index in [1.54, 1.807) is 12.4 Å². The second kappa shape index (κ2) is 8.11. The Labute approximate surface area is 147 Å². The molecule has 0 spiro atoms. The van der Waals surface area contributed by atoms with Crippen LogP contribution >= 0.6 is 0 Å². The topological polar surface area (TPSA) is 77.7 Å². The second-order valence-corrected chi connectivity index (χ2v) is 6.93. The summed E-state index contributed by atoms with van der Waals surface area (Å²) in [6.07, 6.45) is 4.07. The fourth-order valence-corrected chi connectivity index (χ4v) is 2.31. The van der Waals surface area contributed by atoms with Gasteiger partial charge in [-0.2, -0.15) is 0 Å². The van der Waals surface area contributed by atoms with Crippen molar-refractivity contribution in [3.8, 4) is 17.2 Å². The summed E-state index contributed by atoms with van der Waals surface area (Å²) >= 11 is 0. The fourth-order valence-electron chi connectivity index (χ4n) is 2.31. The summed E-state index contributed by atoms with van der Waals surface area (Å²) in [7, 11) is 0. The van der Waals surface area contributed by atoms with Crippen molar-refractivity contribution in [2.75, 3.05) is 13.2 Å². The van der Waals surface area contributed by atoms with E-state index in [2.05, 4.69) is 10.1 Å². The van der Waals surface area contributed by atoms with Crippen molar-refractivity contribution >= 4 is 6.41 Å². The minimum absolute atomic E-state index is 0.157. The number of amides is 1. The zero-order chi connectivity index (χ0) is 18.4. The van der Waals surface area contributed by atoms with Gasteiger partial charge in [0, 0.05) is 18.0 Å². The fraction of sp³-hybridized carbons (Fsp3) is 0.500. The van der Waals surface area contributed by atoms with Gasteiger partial charge in [-0.05, 0) is 44.0 Å². The van der Waals surface area contributed by atoms with Gasteiger partial charge in [0.15, 0.2) is 5.76 Å². The molecule has 7 heteroatoms. The Morgan fingerprint density at radius 1 is 1.36 bits per heavy atom. The average Bonchev–Trinajstić information content (AvgIpc) is 2.97. The summed E-state index contributed by atoms with van der Waals surface area (Å²) in [4.78, 5) is 20.7. The molecule has 2 rings (SSSR count). The zero-order valence-corrected chi connectivity index (χ0v) is 15.4. The minimum Gasteiger partial charge on any atom is -0.473 e. The number of rotatable bonds is 8. The van der Waals surface area contributed by atoms with Gasteiger partial charge < -0.3 is 9.26 Å². The molecule has 0 aliphatic carbocycles. The van der Waals surface area contributed by atoms with Crippen LogP contribution in [0.3, 0.4) is 0 Å². The molecule has 2 heterocycles. The Hall–Kier alpha value is -2.41. The Balaban J connectivity index is 2.08. The van der Waals surface area contributed by atoms with Crippen LogP contribution in [0.5, 0.6) is 5.88 Å². The number of hydroxylamine groups is 2. The van der Waals surface area contributed by atoms with Crippen LogP contribution in [-0.2, 0) is 9.63 Å². The number of ether oxygens (including phenoxy) is 1. The molecular weight excluding hydrogens is 322 g/mol. The largest absolute Gasteiger partial charge is 0.473 e. The molecule has 136 valence electrons. The minimum atomic E-state index is -0.453. The SMILES string of the molecule is CC(C)c1c(OCCN(C=O)OC(C)(C)C)noc1-c1cccnc1. The van der Waals surface area contributed by atoms with E-state index >= 15 is 0 Å². The maximum absolute atomic E-state index is 11.1. The molecular formula is C18H25N3O4. The van der Waals surface area contributed by atoms with Crippen LogP contribution in [-0.4, -0.2) is 40.4 Å². The van der Waals surface area contributed by atoms with Gasteiger partial charge in [0.05, 0.1) is 17.7 Å². The van der Waals surface area contributed by atoms with Gasteiger partial charge >= 0.3 is 0 Å². The highest BCUT2D eigenvalue weighted by Crippen LogP contribution is 2.35. The van der Waals surface area contributed by atoms with Gasteiger partial charge in [0.2, 0.25) is 6.41 Å². The van der Waals surface area contributed by atoms with Crippen LogP contribution in [0.15, 0.2) is 29.0 Å². The molecule has 25 heavy (non-hydrogen) atoms. The van der Waals surface area contributed by atoms with Gasteiger partial charge in [-0.1, -0.05) is 13.8 Å². The molecule has 7 nitrogen and oxygen atoms in total. The smallest absolute Gasteiger partial charge is 0.258 e. The van der Waals surface area contributed by atoms with Crippen molar-refractivity contribution in [2.24, 2.45) is 0 Å². The van der Waals surface area contributed by atoms with Gasteiger partial charge in [0.1, 0.15) is 6.61 Å². The molecule has 1 amide bonds. The monoisotopic (exact) mass is 347 g/mol. The Morgan fingerprint density at radius 2 is 2.12 bits per heavy atom. The van der Waals surface area contributed by atoms with Crippen LogP contribution in [0.25, 0.3) is 11.3 Å². The molecule has 0 N–H and O–H groups in total. The first-order valence-electron chi connectivity index (χ1n) is 8.25. The lowest BCUT2D eigenvalue weighted by Crippen LogP contribution is -2.35. The molecule has 0 bridgehead atoms. The van der Waals surface area contributed by atoms with E-state index in [1.807, 2.05) is 46.8 Å². The van der Waals surface area contributed by atoms with Crippen LogP contribution in [0.4, 0.5) is 0 Å². The molecule has 0 radical (unpaired) electrons. The summed E-state index contributed by atoms with van der Waals surface area (Å²) in [6, 6.07) is 3.75. The number of hydrogen-bond acceptors (Lipinski definition) is 6. The predicted octanol–water partition coefficient (Wildman–Crippen LogP) is 3.43. The summed E-state index contributed by atoms with van der Waals surface area (Å²) < 4.78 is 11.2. The van der Waals surface area contributed by atoms with Crippen LogP contribution < -0.4 is 4.74 Å². The molecule has 2 aromatic rings. The van der Waals surface area contributed by atoms with Crippen molar-refractivity contribution < 1.29 is 18.9 Å². The highest BCUT2D eigenvalue weighted by atomic mass is 16.7. The van der Waals surface area contributed by atoms with Crippen molar-refractivity contribution in [3.63, 3.8) is 0 Å². The van der Waals surface area contributed by atoms with E-state index in [9.17, 15) is 4.79 Å². The summed E-state index contributed by atoms with van der Waals surface area (Å²) in [6.45, 7) is 10.2. The lowest BCUT2D eigenvalue weighted by molar-refractivity contribution is -0.217. The molecule has 0 atom stereocenters. The van der Waals surface area contributed by atoms with E-state index < -0.39 is 5.60 Å². The molecule has 0 unspecified atom stereocenters. The van der Waals surface area contributed by atoms with E-state index in [0.29, 0.717) is 18.1 Å². The highest BCUT2D eigenvalue weighted by molar-refractivity contribution is 5.63. The van der Waals surface area contributed by atoms with E-state index in [-0.39, 0.29) is 19.1 Å². The van der Waals surface area contributed by atoms with Crippen molar-refractivity contribution in [2.45, 2.75) is 46.1 Å². The van der Waals surface area contributed by atoms with Crippen LogP contribution in [0, 0.1) is 0 Å². The van der Waals surface area contributed by atoms with Gasteiger partial charge in [0.25, 0.3) is 5.88 Å². The summed E-state index contributed by atoms with van der Waals surface area (Å²) in [5.74, 6) is 1.23. The van der Waals surface area contributed by atoms with Crippen molar-refractivity contribution in [1.82, 2.24) is 15.2 Å². The zero-order valence-electron chi connectivity index (χ0n) is 15.4. The second-order valence-electron chi connectivity index (χ2n) is 6.93. The highest BCUT2D eigenvalue weighted by Gasteiger charge is 2.22. The molecule has 0 aromatic carbocycles. The number of aromatic nitrogens is 2. The summed E-state index contributed by atoms with van der Waals surface area (Å²) in [5.41, 5.74) is 1.27. The number of hydrogen-bond donors (Lipinski definition) is 0. The number of nitrogens with zero attached hydrogens (tertiary/aromatic N) is 3. The molecule has 0 fully saturated rings. The van der Waals surface area contributed by atoms with Crippen molar-refractivity contribution in [3.05, 3.63) is 30.1 Å². The molecule has 0 saturated heterocycles. The number of carbonyl (C=O) groups is 1. The third-order valence-corrected chi connectivity index (χ3v) is 3.26.